The van der Waals surface area contributed by atoms with E-state index in [1.165, 1.54) is 10.5 Å². The van der Waals surface area contributed by atoms with Gasteiger partial charge in [0.25, 0.3) is 0 Å². The van der Waals surface area contributed by atoms with Crippen LogP contribution in [0.15, 0.2) is 42.5 Å². The minimum atomic E-state index is -0.0306. The highest BCUT2D eigenvalue weighted by Crippen LogP contribution is 2.24. The number of amides is 1. The second-order valence-electron chi connectivity index (χ2n) is 6.94. The minimum Gasteiger partial charge on any atom is -0.497 e. The summed E-state index contributed by atoms with van der Waals surface area (Å²) in [6.45, 7) is 5.17. The fraction of sp³-hybridized carbons (Fsp3) is 0.409. The number of hydrogen-bond donors (Lipinski definition) is 2. The monoisotopic (exact) mass is 385 g/mol. The van der Waals surface area contributed by atoms with Crippen LogP contribution < -0.4 is 19.7 Å². The zero-order valence-electron chi connectivity index (χ0n) is 16.6. The first-order valence-corrected chi connectivity index (χ1v) is 9.65. The number of ether oxygens (including phenoxy) is 3. The van der Waals surface area contributed by atoms with Crippen molar-refractivity contribution in [2.75, 3.05) is 40.5 Å². The zero-order valence-corrected chi connectivity index (χ0v) is 16.6. The molecule has 3 rings (SSSR count). The maximum Gasteiger partial charge on any atom is 0.224 e. The van der Waals surface area contributed by atoms with Crippen molar-refractivity contribution in [3.63, 3.8) is 0 Å². The van der Waals surface area contributed by atoms with Crippen molar-refractivity contribution >= 4 is 5.91 Å². The van der Waals surface area contributed by atoms with Crippen molar-refractivity contribution in [3.05, 3.63) is 59.2 Å². The Labute approximate surface area is 166 Å². The highest BCUT2D eigenvalue weighted by atomic mass is 16.5. The molecule has 1 aliphatic heterocycles. The third-order valence-electron chi connectivity index (χ3n) is 5.08. The van der Waals surface area contributed by atoms with E-state index in [2.05, 4.69) is 23.5 Å². The lowest BCUT2D eigenvalue weighted by Gasteiger charge is -2.24. The Balaban J connectivity index is 1.59. The van der Waals surface area contributed by atoms with Crippen LogP contribution in [-0.4, -0.2) is 46.4 Å². The summed E-state index contributed by atoms with van der Waals surface area (Å²) >= 11 is 0. The van der Waals surface area contributed by atoms with Gasteiger partial charge in [-0.2, -0.15) is 0 Å². The van der Waals surface area contributed by atoms with E-state index < -0.39 is 0 Å². The lowest BCUT2D eigenvalue weighted by molar-refractivity contribution is -0.921. The predicted octanol–water partition coefficient (Wildman–Crippen LogP) is 0.978. The van der Waals surface area contributed by atoms with Gasteiger partial charge in [0.15, 0.2) is 0 Å². The Morgan fingerprint density at radius 3 is 2.50 bits per heavy atom. The fourth-order valence-electron chi connectivity index (χ4n) is 3.44. The molecule has 0 bridgehead atoms. The van der Waals surface area contributed by atoms with Gasteiger partial charge in [-0.15, -0.1) is 0 Å². The maximum absolute atomic E-state index is 12.5. The van der Waals surface area contributed by atoms with Crippen molar-refractivity contribution in [1.29, 1.82) is 0 Å². The standard InChI is InChI=1S/C22H28N2O4/c1-26-20-8-7-17(21(14-20)27-2)13-22(25)23-15-18-5-3-4-6-19(18)16-24-9-11-28-12-10-24/h3-8,14H,9-13,15-16H2,1-2H3,(H,23,25)/p+1. The summed E-state index contributed by atoms with van der Waals surface area (Å²) in [4.78, 5) is 14.0. The summed E-state index contributed by atoms with van der Waals surface area (Å²) in [7, 11) is 3.21. The number of carbonyl (C=O) groups excluding carboxylic acids is 1. The van der Waals surface area contributed by atoms with Gasteiger partial charge in [0.1, 0.15) is 31.1 Å². The molecule has 0 aromatic heterocycles. The molecule has 2 N–H and O–H groups in total. The molecular formula is C22H29N2O4+. The van der Waals surface area contributed by atoms with Crippen LogP contribution in [0.5, 0.6) is 11.5 Å². The smallest absolute Gasteiger partial charge is 0.224 e. The normalized spacial score (nSPS) is 14.5. The van der Waals surface area contributed by atoms with E-state index in [1.54, 1.807) is 20.3 Å². The molecule has 2 aromatic rings. The molecule has 0 radical (unpaired) electrons. The van der Waals surface area contributed by atoms with Crippen LogP contribution in [0.25, 0.3) is 0 Å². The molecule has 1 heterocycles. The SMILES string of the molecule is COc1ccc(CC(=O)NCc2ccccc2C[NH+]2CCOCC2)c(OC)c1. The second-order valence-corrected chi connectivity index (χ2v) is 6.94. The number of methoxy groups -OCH3 is 2. The molecule has 1 aliphatic rings. The Hall–Kier alpha value is -2.57. The van der Waals surface area contributed by atoms with Crippen molar-refractivity contribution in [1.82, 2.24) is 5.32 Å². The first-order valence-electron chi connectivity index (χ1n) is 9.65. The fourth-order valence-corrected chi connectivity index (χ4v) is 3.44. The third kappa shape index (κ3) is 5.47. The number of benzene rings is 2. The topological polar surface area (TPSA) is 61.2 Å². The molecule has 6 nitrogen and oxygen atoms in total. The van der Waals surface area contributed by atoms with E-state index in [0.717, 1.165) is 44.0 Å². The molecule has 6 heteroatoms. The van der Waals surface area contributed by atoms with Crippen LogP contribution >= 0.6 is 0 Å². The van der Waals surface area contributed by atoms with E-state index >= 15 is 0 Å². The van der Waals surface area contributed by atoms with Gasteiger partial charge in [0, 0.05) is 23.7 Å². The Morgan fingerprint density at radius 2 is 1.79 bits per heavy atom. The quantitative estimate of drug-likeness (QED) is 0.711. The summed E-state index contributed by atoms with van der Waals surface area (Å²) < 4.78 is 16.0. The molecule has 2 aromatic carbocycles. The van der Waals surface area contributed by atoms with Gasteiger partial charge in [-0.3, -0.25) is 4.79 Å². The molecular weight excluding hydrogens is 356 g/mol. The predicted molar refractivity (Wildman–Crippen MR) is 107 cm³/mol. The van der Waals surface area contributed by atoms with Gasteiger partial charge in [-0.05, 0) is 11.6 Å². The van der Waals surface area contributed by atoms with Crippen LogP contribution in [0, 0.1) is 0 Å². The first kappa shape index (κ1) is 20.2. The van der Waals surface area contributed by atoms with Crippen molar-refractivity contribution in [3.8, 4) is 11.5 Å². The summed E-state index contributed by atoms with van der Waals surface area (Å²) in [5.74, 6) is 1.34. The van der Waals surface area contributed by atoms with E-state index in [-0.39, 0.29) is 12.3 Å². The van der Waals surface area contributed by atoms with E-state index in [0.29, 0.717) is 18.0 Å². The Morgan fingerprint density at radius 1 is 1.04 bits per heavy atom. The largest absolute Gasteiger partial charge is 0.497 e. The summed E-state index contributed by atoms with van der Waals surface area (Å²) in [5, 5.41) is 3.05. The van der Waals surface area contributed by atoms with Gasteiger partial charge in [0.05, 0.1) is 33.9 Å². The highest BCUT2D eigenvalue weighted by Gasteiger charge is 2.16. The van der Waals surface area contributed by atoms with E-state index in [1.807, 2.05) is 18.2 Å². The molecule has 1 amide bonds. The molecule has 0 unspecified atom stereocenters. The Bertz CT molecular complexity index is 788. The van der Waals surface area contributed by atoms with Gasteiger partial charge in [-0.25, -0.2) is 0 Å². The van der Waals surface area contributed by atoms with E-state index in [9.17, 15) is 4.79 Å². The van der Waals surface area contributed by atoms with Gasteiger partial charge in [-0.1, -0.05) is 30.3 Å². The second kappa shape index (κ2) is 10.1. The van der Waals surface area contributed by atoms with E-state index in [4.69, 9.17) is 14.2 Å². The molecule has 150 valence electrons. The average molecular weight is 385 g/mol. The van der Waals surface area contributed by atoms with Gasteiger partial charge >= 0.3 is 0 Å². The molecule has 1 fully saturated rings. The van der Waals surface area contributed by atoms with Gasteiger partial charge < -0.3 is 24.4 Å². The lowest BCUT2D eigenvalue weighted by Crippen LogP contribution is -3.12. The number of quaternary nitrogens is 1. The molecule has 0 saturated carbocycles. The van der Waals surface area contributed by atoms with Crippen molar-refractivity contribution in [2.45, 2.75) is 19.5 Å². The van der Waals surface area contributed by atoms with Crippen LogP contribution in [0.1, 0.15) is 16.7 Å². The average Bonchev–Trinajstić information content (AvgIpc) is 2.74. The highest BCUT2D eigenvalue weighted by molar-refractivity contribution is 5.79. The molecule has 28 heavy (non-hydrogen) atoms. The third-order valence-corrected chi connectivity index (χ3v) is 5.08. The first-order chi connectivity index (χ1) is 13.7. The molecule has 0 spiro atoms. The summed E-state index contributed by atoms with van der Waals surface area (Å²) in [5.41, 5.74) is 3.28. The molecule has 0 atom stereocenters. The number of carbonyl (C=O) groups is 1. The lowest BCUT2D eigenvalue weighted by atomic mass is 10.1. The molecule has 1 saturated heterocycles. The van der Waals surface area contributed by atoms with Crippen molar-refractivity contribution < 1.29 is 23.9 Å². The number of nitrogens with one attached hydrogen (secondary N) is 2. The maximum atomic E-state index is 12.5. The van der Waals surface area contributed by atoms with Gasteiger partial charge in [0.2, 0.25) is 5.91 Å². The van der Waals surface area contributed by atoms with Crippen LogP contribution in [0.4, 0.5) is 0 Å². The van der Waals surface area contributed by atoms with Crippen molar-refractivity contribution in [2.24, 2.45) is 0 Å². The number of morpholine rings is 1. The Kier molecular flexibility index (Phi) is 7.28. The van der Waals surface area contributed by atoms with Crippen LogP contribution in [-0.2, 0) is 29.0 Å². The number of hydrogen-bond acceptors (Lipinski definition) is 4. The van der Waals surface area contributed by atoms with Crippen LogP contribution in [0.2, 0.25) is 0 Å². The van der Waals surface area contributed by atoms with Crippen LogP contribution in [0.3, 0.4) is 0 Å². The summed E-state index contributed by atoms with van der Waals surface area (Å²) in [6.07, 6.45) is 0.268. The molecule has 0 aliphatic carbocycles. The minimum absolute atomic E-state index is 0.0306. The zero-order chi connectivity index (χ0) is 19.8. The number of rotatable bonds is 8. The summed E-state index contributed by atoms with van der Waals surface area (Å²) in [6, 6.07) is 13.8.